The molecule has 3 rings (SSSR count). The Morgan fingerprint density at radius 3 is 2.67 bits per heavy atom. The number of ketones is 1. The smallest absolute Gasteiger partial charge is 0.166 e. The number of nitrogens with zero attached hydrogens (tertiary/aromatic N) is 2. The Morgan fingerprint density at radius 1 is 1.17 bits per heavy atom. The van der Waals surface area contributed by atoms with E-state index >= 15 is 0 Å². The standard InChI is InChI=1S/C20H29N3O/c1-16(2)23-15-18(17-7-3-4-8-19(17)23)20(24)9-10-21-11-14-22-12-5-6-13-22/h3-4,7-8,15-16,21H,5-6,9-14H2,1-2H3. The lowest BCUT2D eigenvalue weighted by Gasteiger charge is -2.14. The minimum atomic E-state index is 0.235. The number of hydrogen-bond donors (Lipinski definition) is 1. The quantitative estimate of drug-likeness (QED) is 0.596. The molecule has 0 bridgehead atoms. The molecule has 2 heterocycles. The molecule has 0 spiro atoms. The van der Waals surface area contributed by atoms with Gasteiger partial charge in [-0.1, -0.05) is 18.2 Å². The van der Waals surface area contributed by atoms with Gasteiger partial charge in [0.1, 0.15) is 0 Å². The zero-order valence-electron chi connectivity index (χ0n) is 14.9. The first-order valence-corrected chi connectivity index (χ1v) is 9.22. The summed E-state index contributed by atoms with van der Waals surface area (Å²) in [5, 5.41) is 4.50. The lowest BCUT2D eigenvalue weighted by Crippen LogP contribution is -2.31. The van der Waals surface area contributed by atoms with E-state index in [1.165, 1.54) is 25.9 Å². The van der Waals surface area contributed by atoms with Gasteiger partial charge in [0.25, 0.3) is 0 Å². The first-order chi connectivity index (χ1) is 11.7. The summed E-state index contributed by atoms with van der Waals surface area (Å²) in [6.07, 6.45) is 5.25. The minimum absolute atomic E-state index is 0.235. The number of hydrogen-bond acceptors (Lipinski definition) is 3. The molecule has 130 valence electrons. The van der Waals surface area contributed by atoms with E-state index in [2.05, 4.69) is 40.8 Å². The summed E-state index contributed by atoms with van der Waals surface area (Å²) in [7, 11) is 0. The van der Waals surface area contributed by atoms with E-state index in [0.29, 0.717) is 12.5 Å². The van der Waals surface area contributed by atoms with E-state index in [0.717, 1.165) is 36.1 Å². The molecule has 4 heteroatoms. The van der Waals surface area contributed by atoms with Gasteiger partial charge in [-0.2, -0.15) is 0 Å². The van der Waals surface area contributed by atoms with Gasteiger partial charge in [0.2, 0.25) is 0 Å². The largest absolute Gasteiger partial charge is 0.344 e. The summed E-state index contributed by atoms with van der Waals surface area (Å²) in [4.78, 5) is 15.1. The predicted octanol–water partition coefficient (Wildman–Crippen LogP) is 3.48. The van der Waals surface area contributed by atoms with Crippen LogP contribution < -0.4 is 5.32 Å². The fraction of sp³-hybridized carbons (Fsp3) is 0.550. The molecule has 0 radical (unpaired) electrons. The Hall–Kier alpha value is -1.65. The van der Waals surface area contributed by atoms with Crippen LogP contribution in [0.1, 0.15) is 49.5 Å². The lowest BCUT2D eigenvalue weighted by atomic mass is 10.1. The van der Waals surface area contributed by atoms with Crippen molar-refractivity contribution in [2.45, 2.75) is 39.2 Å². The summed E-state index contributed by atoms with van der Waals surface area (Å²) >= 11 is 0. The molecule has 0 saturated carbocycles. The van der Waals surface area contributed by atoms with Crippen LogP contribution in [-0.4, -0.2) is 48.0 Å². The Labute approximate surface area is 144 Å². The molecule has 0 aliphatic carbocycles. The molecule has 1 aromatic carbocycles. The molecule has 1 fully saturated rings. The molecule has 0 atom stereocenters. The molecular formula is C20H29N3O. The van der Waals surface area contributed by atoms with Gasteiger partial charge in [0.15, 0.2) is 5.78 Å². The average molecular weight is 327 g/mol. The summed E-state index contributed by atoms with van der Waals surface area (Å²) in [5.74, 6) is 0.235. The maximum Gasteiger partial charge on any atom is 0.166 e. The molecule has 4 nitrogen and oxygen atoms in total. The van der Waals surface area contributed by atoms with E-state index in [9.17, 15) is 4.79 Å². The van der Waals surface area contributed by atoms with E-state index in [1.54, 1.807) is 0 Å². The number of Topliss-reactive ketones (excluding diaryl/α,β-unsaturated/α-hetero) is 1. The molecule has 1 N–H and O–H groups in total. The number of likely N-dealkylation sites (tertiary alicyclic amines) is 1. The number of fused-ring (bicyclic) bond motifs is 1. The number of nitrogens with one attached hydrogen (secondary N) is 1. The third kappa shape index (κ3) is 3.87. The first-order valence-electron chi connectivity index (χ1n) is 9.22. The summed E-state index contributed by atoms with van der Waals surface area (Å²) in [6.45, 7) is 9.60. The zero-order valence-corrected chi connectivity index (χ0v) is 14.9. The first kappa shape index (κ1) is 17.2. The van der Waals surface area contributed by atoms with Crippen molar-refractivity contribution in [3.8, 4) is 0 Å². The van der Waals surface area contributed by atoms with Gasteiger partial charge in [0.05, 0.1) is 0 Å². The molecule has 1 aliphatic rings. The van der Waals surface area contributed by atoms with E-state index in [-0.39, 0.29) is 5.78 Å². The topological polar surface area (TPSA) is 37.3 Å². The number of rotatable bonds is 8. The zero-order chi connectivity index (χ0) is 16.9. The van der Waals surface area contributed by atoms with Crippen LogP contribution >= 0.6 is 0 Å². The predicted molar refractivity (Wildman–Crippen MR) is 99.8 cm³/mol. The van der Waals surface area contributed by atoms with Crippen LogP contribution in [0.15, 0.2) is 30.5 Å². The van der Waals surface area contributed by atoms with Gasteiger partial charge in [-0.15, -0.1) is 0 Å². The normalized spacial score (nSPS) is 15.6. The Balaban J connectivity index is 1.56. The second kappa shape index (κ2) is 7.95. The van der Waals surface area contributed by atoms with Crippen molar-refractivity contribution in [2.75, 3.05) is 32.7 Å². The van der Waals surface area contributed by atoms with Gasteiger partial charge in [-0.25, -0.2) is 0 Å². The molecule has 24 heavy (non-hydrogen) atoms. The van der Waals surface area contributed by atoms with Crippen LogP contribution in [0.2, 0.25) is 0 Å². The number of carbonyl (C=O) groups is 1. The van der Waals surface area contributed by atoms with Crippen LogP contribution in [0.5, 0.6) is 0 Å². The van der Waals surface area contributed by atoms with Crippen molar-refractivity contribution in [3.05, 3.63) is 36.0 Å². The number of benzene rings is 1. The summed E-state index contributed by atoms with van der Waals surface area (Å²) in [5.41, 5.74) is 2.01. The van der Waals surface area contributed by atoms with E-state index < -0.39 is 0 Å². The minimum Gasteiger partial charge on any atom is -0.344 e. The van der Waals surface area contributed by atoms with Gasteiger partial charge >= 0.3 is 0 Å². The second-order valence-corrected chi connectivity index (χ2v) is 7.03. The molecular weight excluding hydrogens is 298 g/mol. The van der Waals surface area contributed by atoms with Crippen LogP contribution in [-0.2, 0) is 0 Å². The second-order valence-electron chi connectivity index (χ2n) is 7.03. The Morgan fingerprint density at radius 2 is 1.92 bits per heavy atom. The third-order valence-corrected chi connectivity index (χ3v) is 4.93. The van der Waals surface area contributed by atoms with Crippen molar-refractivity contribution >= 4 is 16.7 Å². The molecule has 2 aromatic rings. The number of para-hydroxylation sites is 1. The maximum atomic E-state index is 12.7. The van der Waals surface area contributed by atoms with Crippen LogP contribution in [0.3, 0.4) is 0 Å². The number of carbonyl (C=O) groups excluding carboxylic acids is 1. The Bertz CT molecular complexity index is 683. The van der Waals surface area contributed by atoms with Crippen molar-refractivity contribution in [1.29, 1.82) is 0 Å². The fourth-order valence-electron chi connectivity index (χ4n) is 3.56. The van der Waals surface area contributed by atoms with Gasteiger partial charge in [0, 0.05) is 54.8 Å². The average Bonchev–Trinajstić information content (AvgIpc) is 3.21. The monoisotopic (exact) mass is 327 g/mol. The summed E-state index contributed by atoms with van der Waals surface area (Å²) < 4.78 is 2.20. The van der Waals surface area contributed by atoms with Crippen molar-refractivity contribution in [3.63, 3.8) is 0 Å². The highest BCUT2D eigenvalue weighted by molar-refractivity contribution is 6.08. The van der Waals surface area contributed by atoms with Crippen LogP contribution in [0.4, 0.5) is 0 Å². The number of aromatic nitrogens is 1. The van der Waals surface area contributed by atoms with Crippen molar-refractivity contribution in [2.24, 2.45) is 0 Å². The van der Waals surface area contributed by atoms with Crippen LogP contribution in [0.25, 0.3) is 10.9 Å². The molecule has 0 amide bonds. The van der Waals surface area contributed by atoms with Crippen LogP contribution in [0, 0.1) is 0 Å². The molecule has 1 aliphatic heterocycles. The highest BCUT2D eigenvalue weighted by atomic mass is 16.1. The van der Waals surface area contributed by atoms with Gasteiger partial charge < -0.3 is 14.8 Å². The van der Waals surface area contributed by atoms with Gasteiger partial charge in [-0.3, -0.25) is 4.79 Å². The molecule has 1 saturated heterocycles. The fourth-order valence-corrected chi connectivity index (χ4v) is 3.56. The molecule has 1 aromatic heterocycles. The SMILES string of the molecule is CC(C)n1cc(C(=O)CCNCCN2CCCC2)c2ccccc21. The van der Waals surface area contributed by atoms with Crippen molar-refractivity contribution < 1.29 is 4.79 Å². The lowest BCUT2D eigenvalue weighted by molar-refractivity contribution is 0.0984. The van der Waals surface area contributed by atoms with E-state index in [1.807, 2.05) is 18.3 Å². The maximum absolute atomic E-state index is 12.7. The highest BCUT2D eigenvalue weighted by Crippen LogP contribution is 2.25. The highest BCUT2D eigenvalue weighted by Gasteiger charge is 2.16. The van der Waals surface area contributed by atoms with E-state index in [4.69, 9.17) is 0 Å². The third-order valence-electron chi connectivity index (χ3n) is 4.93. The molecule has 0 unspecified atom stereocenters. The summed E-state index contributed by atoms with van der Waals surface area (Å²) in [6, 6.07) is 8.56. The van der Waals surface area contributed by atoms with Gasteiger partial charge in [-0.05, 0) is 45.8 Å². The Kier molecular flexibility index (Phi) is 5.69. The van der Waals surface area contributed by atoms with Crippen molar-refractivity contribution in [1.82, 2.24) is 14.8 Å².